The van der Waals surface area contributed by atoms with Crippen LogP contribution in [0.25, 0.3) is 22.3 Å². The van der Waals surface area contributed by atoms with E-state index >= 15 is 0 Å². The Labute approximate surface area is 200 Å². The third-order valence-electron chi connectivity index (χ3n) is 5.18. The van der Waals surface area contributed by atoms with Crippen molar-refractivity contribution < 1.29 is 13.9 Å². The Balaban J connectivity index is 1.78. The Hall–Kier alpha value is -3.16. The highest BCUT2D eigenvalue weighted by molar-refractivity contribution is 7.17. The van der Waals surface area contributed by atoms with Gasteiger partial charge in [0.1, 0.15) is 16.2 Å². The maximum atomic E-state index is 11.9. The Bertz CT molecular complexity index is 1400. The number of hydrogen-bond acceptors (Lipinski definition) is 7. The monoisotopic (exact) mass is 481 g/mol. The standard InChI is InChI=1S/C25H24ClN3O3S/c1-14-22(23(30)31-5)33-24(27-14)29-28-19-13-21(32-20-11-10-17(26)12-18(19)20)15-6-8-16(9-7-15)25(2,3)4/h6-13H,1-5H3,(H,27,29). The van der Waals surface area contributed by atoms with Crippen molar-refractivity contribution in [3.05, 3.63) is 75.0 Å². The topological polar surface area (TPSA) is 76.7 Å². The van der Waals surface area contributed by atoms with Gasteiger partial charge in [-0.1, -0.05) is 68.0 Å². The lowest BCUT2D eigenvalue weighted by molar-refractivity contribution is 0.0605. The van der Waals surface area contributed by atoms with Gasteiger partial charge in [-0.3, -0.25) is 5.43 Å². The molecule has 33 heavy (non-hydrogen) atoms. The van der Waals surface area contributed by atoms with Crippen molar-refractivity contribution in [3.63, 3.8) is 0 Å². The van der Waals surface area contributed by atoms with E-state index in [4.69, 9.17) is 20.8 Å². The lowest BCUT2D eigenvalue weighted by Crippen LogP contribution is -2.10. The number of aromatic nitrogens is 1. The van der Waals surface area contributed by atoms with E-state index in [1.165, 1.54) is 24.0 Å². The maximum absolute atomic E-state index is 11.9. The van der Waals surface area contributed by atoms with Crippen molar-refractivity contribution in [2.45, 2.75) is 33.1 Å². The molecule has 0 unspecified atom stereocenters. The Morgan fingerprint density at radius 3 is 2.55 bits per heavy atom. The molecule has 8 heteroatoms. The van der Waals surface area contributed by atoms with Crippen molar-refractivity contribution in [3.8, 4) is 11.3 Å². The number of nitrogens with one attached hydrogen (secondary N) is 1. The number of rotatable bonds is 4. The van der Waals surface area contributed by atoms with Crippen molar-refractivity contribution in [1.82, 2.24) is 4.98 Å². The second-order valence-electron chi connectivity index (χ2n) is 8.61. The van der Waals surface area contributed by atoms with Gasteiger partial charge in [-0.25, -0.2) is 9.78 Å². The second kappa shape index (κ2) is 9.00. The van der Waals surface area contributed by atoms with E-state index in [2.05, 4.69) is 48.4 Å². The van der Waals surface area contributed by atoms with Crippen LogP contribution in [0.1, 0.15) is 41.7 Å². The molecule has 0 fully saturated rings. The smallest absolute Gasteiger partial charge is 0.350 e. The highest BCUT2D eigenvalue weighted by Gasteiger charge is 2.16. The molecule has 2 heterocycles. The van der Waals surface area contributed by atoms with E-state index < -0.39 is 5.97 Å². The number of nitrogens with zero attached hydrogens (tertiary/aromatic N) is 2. The van der Waals surface area contributed by atoms with Gasteiger partial charge in [-0.2, -0.15) is 5.10 Å². The number of carbonyl (C=O) groups excluding carboxylic acids is 1. The third-order valence-corrected chi connectivity index (χ3v) is 6.46. The summed E-state index contributed by atoms with van der Waals surface area (Å²) >= 11 is 7.42. The summed E-state index contributed by atoms with van der Waals surface area (Å²) in [5, 5.41) is 7.02. The molecule has 0 amide bonds. The Morgan fingerprint density at radius 1 is 1.15 bits per heavy atom. The molecule has 2 aromatic carbocycles. The minimum Gasteiger partial charge on any atom is -0.465 e. The normalized spacial score (nSPS) is 12.2. The first-order chi connectivity index (χ1) is 15.7. The highest BCUT2D eigenvalue weighted by Crippen LogP contribution is 2.28. The highest BCUT2D eigenvalue weighted by atomic mass is 35.5. The summed E-state index contributed by atoms with van der Waals surface area (Å²) in [4.78, 5) is 16.7. The number of halogens is 1. The summed E-state index contributed by atoms with van der Waals surface area (Å²) in [5.41, 5.74) is 6.44. The zero-order valence-electron chi connectivity index (χ0n) is 19.0. The van der Waals surface area contributed by atoms with Gasteiger partial charge in [0.05, 0.1) is 18.2 Å². The number of methoxy groups -OCH3 is 1. The predicted molar refractivity (Wildman–Crippen MR) is 133 cm³/mol. The summed E-state index contributed by atoms with van der Waals surface area (Å²) < 4.78 is 11.0. The average molecular weight is 482 g/mol. The van der Waals surface area contributed by atoms with Gasteiger partial charge >= 0.3 is 5.97 Å². The van der Waals surface area contributed by atoms with Gasteiger partial charge in [0, 0.05) is 22.0 Å². The van der Waals surface area contributed by atoms with Crippen LogP contribution in [0.15, 0.2) is 58.0 Å². The summed E-state index contributed by atoms with van der Waals surface area (Å²) in [5.74, 6) is 0.256. The Morgan fingerprint density at radius 2 is 1.88 bits per heavy atom. The molecular formula is C25H24ClN3O3S. The van der Waals surface area contributed by atoms with E-state index in [1.807, 2.05) is 24.3 Å². The van der Waals surface area contributed by atoms with Crippen LogP contribution in [0.2, 0.25) is 5.02 Å². The van der Waals surface area contributed by atoms with E-state index in [9.17, 15) is 4.79 Å². The van der Waals surface area contributed by atoms with E-state index in [1.54, 1.807) is 19.1 Å². The quantitative estimate of drug-likeness (QED) is 0.265. The molecule has 0 radical (unpaired) electrons. The lowest BCUT2D eigenvalue weighted by Gasteiger charge is -2.19. The van der Waals surface area contributed by atoms with Gasteiger partial charge in [-0.05, 0) is 36.1 Å². The maximum Gasteiger partial charge on any atom is 0.350 e. The first kappa shape index (κ1) is 23.0. The molecule has 0 aliphatic carbocycles. The van der Waals surface area contributed by atoms with Crippen LogP contribution < -0.4 is 10.8 Å². The molecule has 0 aliphatic rings. The average Bonchev–Trinajstić information content (AvgIpc) is 3.16. The lowest BCUT2D eigenvalue weighted by atomic mass is 9.86. The second-order valence-corrected chi connectivity index (χ2v) is 10.0. The number of hydrogen-bond donors (Lipinski definition) is 1. The van der Waals surface area contributed by atoms with Gasteiger partial charge < -0.3 is 9.15 Å². The van der Waals surface area contributed by atoms with Crippen LogP contribution in [0.3, 0.4) is 0 Å². The van der Waals surface area contributed by atoms with Gasteiger partial charge in [0.2, 0.25) is 5.13 Å². The van der Waals surface area contributed by atoms with E-state index in [-0.39, 0.29) is 5.41 Å². The number of ether oxygens (including phenoxy) is 1. The number of thiazole rings is 1. The fourth-order valence-electron chi connectivity index (χ4n) is 3.34. The molecule has 0 atom stereocenters. The summed E-state index contributed by atoms with van der Waals surface area (Å²) in [6, 6.07) is 15.6. The molecule has 0 saturated carbocycles. The summed E-state index contributed by atoms with van der Waals surface area (Å²) in [6.45, 7) is 8.30. The van der Waals surface area contributed by atoms with Crippen molar-refractivity contribution in [2.75, 3.05) is 12.5 Å². The molecule has 170 valence electrons. The third kappa shape index (κ3) is 4.94. The molecule has 4 aromatic rings. The van der Waals surface area contributed by atoms with Gasteiger partial charge in [0.15, 0.2) is 0 Å². The number of aryl methyl sites for hydroxylation is 1. The Kier molecular flexibility index (Phi) is 6.28. The molecular weight excluding hydrogens is 458 g/mol. The van der Waals surface area contributed by atoms with Crippen LogP contribution in [0.5, 0.6) is 0 Å². The van der Waals surface area contributed by atoms with Gasteiger partial charge in [-0.15, -0.1) is 0 Å². The minimum absolute atomic E-state index is 0.0646. The molecule has 0 bridgehead atoms. The van der Waals surface area contributed by atoms with E-state index in [0.29, 0.717) is 37.4 Å². The van der Waals surface area contributed by atoms with Crippen molar-refractivity contribution >= 4 is 45.0 Å². The van der Waals surface area contributed by atoms with Crippen LogP contribution in [-0.2, 0) is 10.2 Å². The molecule has 1 N–H and O–H groups in total. The summed E-state index contributed by atoms with van der Waals surface area (Å²) in [7, 11) is 1.35. The number of benzene rings is 2. The van der Waals surface area contributed by atoms with Crippen LogP contribution in [0, 0.1) is 6.92 Å². The van der Waals surface area contributed by atoms with Crippen molar-refractivity contribution in [2.24, 2.45) is 5.10 Å². The number of carbonyl (C=O) groups is 1. The zero-order valence-corrected chi connectivity index (χ0v) is 20.6. The molecule has 0 saturated heterocycles. The zero-order chi connectivity index (χ0) is 23.8. The van der Waals surface area contributed by atoms with Crippen molar-refractivity contribution in [1.29, 1.82) is 0 Å². The van der Waals surface area contributed by atoms with Crippen LogP contribution in [0.4, 0.5) is 5.13 Å². The first-order valence-electron chi connectivity index (χ1n) is 10.4. The number of anilines is 1. The van der Waals surface area contributed by atoms with Crippen LogP contribution in [-0.4, -0.2) is 18.1 Å². The molecule has 0 aliphatic heterocycles. The fraction of sp³-hybridized carbons (Fsp3) is 0.240. The first-order valence-corrected chi connectivity index (χ1v) is 11.5. The molecule has 2 aromatic heterocycles. The molecule has 4 rings (SSSR count). The number of fused-ring (bicyclic) bond motifs is 1. The van der Waals surface area contributed by atoms with Gasteiger partial charge in [0.25, 0.3) is 0 Å². The molecule has 6 nitrogen and oxygen atoms in total. The van der Waals surface area contributed by atoms with Crippen LogP contribution >= 0.6 is 22.9 Å². The number of esters is 1. The van der Waals surface area contributed by atoms with E-state index in [0.717, 1.165) is 10.9 Å². The summed E-state index contributed by atoms with van der Waals surface area (Å²) in [6.07, 6.45) is 0. The largest absolute Gasteiger partial charge is 0.465 e. The predicted octanol–water partition coefficient (Wildman–Crippen LogP) is 6.53. The molecule has 0 spiro atoms. The fourth-order valence-corrected chi connectivity index (χ4v) is 4.34. The SMILES string of the molecule is COC(=O)c1sc(NN=c2cc(-c3ccc(C(C)(C)C)cc3)oc3ccc(Cl)cc23)nc1C. The minimum atomic E-state index is -0.421.